The predicted octanol–water partition coefficient (Wildman–Crippen LogP) is 0.573. The second kappa shape index (κ2) is 9.15. The zero-order chi connectivity index (χ0) is 12.4. The van der Waals surface area contributed by atoms with Crippen molar-refractivity contribution in [3.8, 4) is 0 Å². The first-order chi connectivity index (χ1) is 7.61. The van der Waals surface area contributed by atoms with Crippen LogP contribution in [-0.4, -0.2) is 31.1 Å². The van der Waals surface area contributed by atoms with Gasteiger partial charge in [-0.2, -0.15) is 0 Å². The normalized spacial score (nSPS) is 11.9. The molecule has 0 bridgehead atoms. The Morgan fingerprint density at radius 2 is 2.06 bits per heavy atom. The van der Waals surface area contributed by atoms with Gasteiger partial charge in [0.05, 0.1) is 12.6 Å². The van der Waals surface area contributed by atoms with Crippen molar-refractivity contribution in [3.63, 3.8) is 0 Å². The van der Waals surface area contributed by atoms with E-state index >= 15 is 0 Å². The van der Waals surface area contributed by atoms with Crippen LogP contribution in [0.15, 0.2) is 0 Å². The summed E-state index contributed by atoms with van der Waals surface area (Å²) in [6.45, 7) is 4.61. The largest absolute Gasteiger partial charge is 0.466 e. The highest BCUT2D eigenvalue weighted by Crippen LogP contribution is 1.94. The summed E-state index contributed by atoms with van der Waals surface area (Å²) in [6, 6.07) is -0.437. The molecule has 0 saturated heterocycles. The lowest BCUT2D eigenvalue weighted by atomic mass is 10.1. The minimum Gasteiger partial charge on any atom is -0.466 e. The molecule has 0 spiro atoms. The van der Waals surface area contributed by atoms with E-state index in [1.165, 1.54) is 0 Å². The predicted molar refractivity (Wildman–Crippen MR) is 61.8 cm³/mol. The number of hydrogen-bond acceptors (Lipinski definition) is 4. The molecule has 0 aliphatic heterocycles. The number of esters is 1. The van der Waals surface area contributed by atoms with Gasteiger partial charge in [0.15, 0.2) is 0 Å². The van der Waals surface area contributed by atoms with Crippen LogP contribution in [0.2, 0.25) is 0 Å². The zero-order valence-electron chi connectivity index (χ0n) is 10.1. The molecular weight excluding hydrogens is 208 g/mol. The van der Waals surface area contributed by atoms with E-state index in [0.29, 0.717) is 32.4 Å². The summed E-state index contributed by atoms with van der Waals surface area (Å²) in [6.07, 6.45) is 2.49. The van der Waals surface area contributed by atoms with Crippen molar-refractivity contribution in [2.24, 2.45) is 5.73 Å². The van der Waals surface area contributed by atoms with Gasteiger partial charge >= 0.3 is 5.97 Å². The highest BCUT2D eigenvalue weighted by atomic mass is 16.5. The Hall–Kier alpha value is -1.10. The maximum Gasteiger partial charge on any atom is 0.305 e. The van der Waals surface area contributed by atoms with E-state index in [2.05, 4.69) is 5.32 Å². The molecule has 0 aromatic rings. The number of ether oxygens (including phenoxy) is 1. The number of carbonyl (C=O) groups is 2. The van der Waals surface area contributed by atoms with Crippen molar-refractivity contribution < 1.29 is 14.3 Å². The zero-order valence-corrected chi connectivity index (χ0v) is 10.1. The van der Waals surface area contributed by atoms with Crippen molar-refractivity contribution in [1.82, 2.24) is 5.32 Å². The Morgan fingerprint density at radius 1 is 1.38 bits per heavy atom. The molecule has 5 heteroatoms. The first kappa shape index (κ1) is 14.9. The molecule has 0 aliphatic rings. The van der Waals surface area contributed by atoms with Crippen molar-refractivity contribution in [2.75, 3.05) is 13.2 Å². The molecule has 3 N–H and O–H groups in total. The average Bonchev–Trinajstić information content (AvgIpc) is 2.24. The molecule has 16 heavy (non-hydrogen) atoms. The Bertz CT molecular complexity index is 219. The van der Waals surface area contributed by atoms with Crippen LogP contribution in [0.4, 0.5) is 0 Å². The number of carbonyl (C=O) groups excluding carboxylic acids is 2. The van der Waals surface area contributed by atoms with Gasteiger partial charge in [-0.3, -0.25) is 9.59 Å². The van der Waals surface area contributed by atoms with Gasteiger partial charge in [0, 0.05) is 13.0 Å². The SMILES string of the molecule is CCC[C@@H](N)C(=O)NCCCC(=O)OCC. The third kappa shape index (κ3) is 7.23. The Balaban J connectivity index is 3.51. The van der Waals surface area contributed by atoms with Crippen LogP contribution >= 0.6 is 0 Å². The molecule has 1 atom stereocenters. The molecule has 0 rings (SSSR count). The quantitative estimate of drug-likeness (QED) is 0.472. The van der Waals surface area contributed by atoms with E-state index in [1.807, 2.05) is 6.92 Å². The van der Waals surface area contributed by atoms with E-state index in [-0.39, 0.29) is 11.9 Å². The highest BCUT2D eigenvalue weighted by molar-refractivity contribution is 5.81. The lowest BCUT2D eigenvalue weighted by Crippen LogP contribution is -2.40. The molecule has 0 heterocycles. The molecule has 0 radical (unpaired) electrons. The third-order valence-electron chi connectivity index (χ3n) is 2.10. The summed E-state index contributed by atoms with van der Waals surface area (Å²) < 4.78 is 4.76. The fraction of sp³-hybridized carbons (Fsp3) is 0.818. The summed E-state index contributed by atoms with van der Waals surface area (Å²) in [5.74, 6) is -0.375. The molecule has 0 fully saturated rings. The van der Waals surface area contributed by atoms with Crippen molar-refractivity contribution in [1.29, 1.82) is 0 Å². The van der Waals surface area contributed by atoms with Crippen molar-refractivity contribution >= 4 is 11.9 Å². The average molecular weight is 230 g/mol. The Labute approximate surface area is 96.7 Å². The van der Waals surface area contributed by atoms with Crippen LogP contribution in [0.3, 0.4) is 0 Å². The fourth-order valence-electron chi connectivity index (χ4n) is 1.25. The minimum absolute atomic E-state index is 0.147. The molecule has 94 valence electrons. The van der Waals surface area contributed by atoms with Gasteiger partial charge in [-0.1, -0.05) is 13.3 Å². The molecule has 0 unspecified atom stereocenters. The van der Waals surface area contributed by atoms with Gasteiger partial charge in [0.25, 0.3) is 0 Å². The lowest BCUT2D eigenvalue weighted by Gasteiger charge is -2.10. The number of hydrogen-bond donors (Lipinski definition) is 2. The van der Waals surface area contributed by atoms with Crippen LogP contribution < -0.4 is 11.1 Å². The molecule has 5 nitrogen and oxygen atoms in total. The number of nitrogens with two attached hydrogens (primary N) is 1. The summed E-state index contributed by atoms with van der Waals surface area (Å²) in [5, 5.41) is 2.69. The fourth-order valence-corrected chi connectivity index (χ4v) is 1.25. The highest BCUT2D eigenvalue weighted by Gasteiger charge is 2.11. The number of rotatable bonds is 8. The minimum atomic E-state index is -0.437. The first-order valence-corrected chi connectivity index (χ1v) is 5.80. The van der Waals surface area contributed by atoms with Crippen LogP contribution in [0.1, 0.15) is 39.5 Å². The summed E-state index contributed by atoms with van der Waals surface area (Å²) in [5.41, 5.74) is 5.61. The van der Waals surface area contributed by atoms with Gasteiger partial charge in [0.2, 0.25) is 5.91 Å². The van der Waals surface area contributed by atoms with Gasteiger partial charge in [-0.05, 0) is 19.8 Å². The van der Waals surface area contributed by atoms with E-state index in [4.69, 9.17) is 10.5 Å². The molecular formula is C11H22N2O3. The van der Waals surface area contributed by atoms with E-state index in [1.54, 1.807) is 6.92 Å². The van der Waals surface area contributed by atoms with E-state index < -0.39 is 6.04 Å². The third-order valence-corrected chi connectivity index (χ3v) is 2.10. The van der Waals surface area contributed by atoms with Gasteiger partial charge in [0.1, 0.15) is 0 Å². The van der Waals surface area contributed by atoms with Crippen molar-refractivity contribution in [2.45, 2.75) is 45.6 Å². The van der Waals surface area contributed by atoms with Gasteiger partial charge in [-0.15, -0.1) is 0 Å². The smallest absolute Gasteiger partial charge is 0.305 e. The lowest BCUT2D eigenvalue weighted by molar-refractivity contribution is -0.143. The molecule has 0 saturated carbocycles. The molecule has 0 aromatic heterocycles. The van der Waals surface area contributed by atoms with Crippen LogP contribution in [0, 0.1) is 0 Å². The summed E-state index contributed by atoms with van der Waals surface area (Å²) in [7, 11) is 0. The first-order valence-electron chi connectivity index (χ1n) is 5.80. The molecule has 0 aliphatic carbocycles. The second-order valence-electron chi connectivity index (χ2n) is 3.59. The second-order valence-corrected chi connectivity index (χ2v) is 3.59. The maximum absolute atomic E-state index is 11.4. The van der Waals surface area contributed by atoms with E-state index in [9.17, 15) is 9.59 Å². The summed E-state index contributed by atoms with van der Waals surface area (Å²) >= 11 is 0. The topological polar surface area (TPSA) is 81.4 Å². The number of amides is 1. The van der Waals surface area contributed by atoms with Crippen LogP contribution in [-0.2, 0) is 14.3 Å². The van der Waals surface area contributed by atoms with Gasteiger partial charge < -0.3 is 15.8 Å². The number of nitrogens with one attached hydrogen (secondary N) is 1. The van der Waals surface area contributed by atoms with Crippen LogP contribution in [0.25, 0.3) is 0 Å². The monoisotopic (exact) mass is 230 g/mol. The van der Waals surface area contributed by atoms with Gasteiger partial charge in [-0.25, -0.2) is 0 Å². The maximum atomic E-state index is 11.4. The van der Waals surface area contributed by atoms with E-state index in [0.717, 1.165) is 6.42 Å². The molecule has 0 aromatic carbocycles. The molecule has 1 amide bonds. The Kier molecular flexibility index (Phi) is 8.52. The van der Waals surface area contributed by atoms with Crippen LogP contribution in [0.5, 0.6) is 0 Å². The summed E-state index contributed by atoms with van der Waals surface area (Å²) in [4.78, 5) is 22.3. The Morgan fingerprint density at radius 3 is 2.62 bits per heavy atom. The standard InChI is InChI=1S/C11H22N2O3/c1-3-6-9(12)11(15)13-8-5-7-10(14)16-4-2/h9H,3-8,12H2,1-2H3,(H,13,15)/t9-/m1/s1. The van der Waals surface area contributed by atoms with Crippen molar-refractivity contribution in [3.05, 3.63) is 0 Å².